The number of ether oxygens (including phenoxy) is 1. The molecule has 3 amide bonds. The molecule has 158 valence electrons. The summed E-state index contributed by atoms with van der Waals surface area (Å²) in [6.45, 7) is 1.53. The van der Waals surface area contributed by atoms with Gasteiger partial charge in [0.1, 0.15) is 5.75 Å². The highest BCUT2D eigenvalue weighted by atomic mass is 32.1. The predicted molar refractivity (Wildman–Crippen MR) is 115 cm³/mol. The Balaban J connectivity index is 1.39. The largest absolute Gasteiger partial charge is 0.476 e. The average molecular weight is 428 g/mol. The van der Waals surface area contributed by atoms with E-state index in [2.05, 4.69) is 10.9 Å². The van der Waals surface area contributed by atoms with Gasteiger partial charge < -0.3 is 9.64 Å². The molecular weight excluding hydrogens is 402 g/mol. The van der Waals surface area contributed by atoms with Crippen molar-refractivity contribution in [2.24, 2.45) is 0 Å². The molecule has 2 aliphatic rings. The van der Waals surface area contributed by atoms with Gasteiger partial charge in [-0.3, -0.25) is 25.2 Å². The van der Waals surface area contributed by atoms with E-state index in [0.717, 1.165) is 25.7 Å². The molecule has 0 saturated heterocycles. The van der Waals surface area contributed by atoms with Gasteiger partial charge in [-0.25, -0.2) is 0 Å². The van der Waals surface area contributed by atoms with Crippen molar-refractivity contribution in [2.45, 2.75) is 51.6 Å². The van der Waals surface area contributed by atoms with Crippen LogP contribution in [-0.4, -0.2) is 30.4 Å². The van der Waals surface area contributed by atoms with E-state index in [1.165, 1.54) is 46.4 Å². The van der Waals surface area contributed by atoms with Crippen molar-refractivity contribution in [2.75, 3.05) is 11.4 Å². The first kappa shape index (κ1) is 20.4. The summed E-state index contributed by atoms with van der Waals surface area (Å²) >= 11 is 1.50. The molecule has 0 spiro atoms. The normalized spacial score (nSPS) is 18.2. The van der Waals surface area contributed by atoms with Gasteiger partial charge in [0, 0.05) is 11.8 Å². The fourth-order valence-corrected chi connectivity index (χ4v) is 5.03. The minimum absolute atomic E-state index is 0.0847. The van der Waals surface area contributed by atoms with Crippen LogP contribution in [0.3, 0.4) is 0 Å². The minimum Gasteiger partial charge on any atom is -0.476 e. The molecule has 1 aromatic carbocycles. The molecule has 0 unspecified atom stereocenters. The van der Waals surface area contributed by atoms with Crippen molar-refractivity contribution in [3.63, 3.8) is 0 Å². The Labute approximate surface area is 179 Å². The van der Waals surface area contributed by atoms with E-state index < -0.39 is 12.0 Å². The van der Waals surface area contributed by atoms with Gasteiger partial charge in [0.15, 0.2) is 6.10 Å². The number of aryl methyl sites for hydroxylation is 2. The number of amides is 3. The van der Waals surface area contributed by atoms with Gasteiger partial charge in [0.25, 0.3) is 11.8 Å². The lowest BCUT2D eigenvalue weighted by Crippen LogP contribution is -2.54. The summed E-state index contributed by atoms with van der Waals surface area (Å²) in [4.78, 5) is 40.6. The second-order valence-corrected chi connectivity index (χ2v) is 8.76. The summed E-state index contributed by atoms with van der Waals surface area (Å²) in [5.41, 5.74) is 6.83. The molecule has 0 bridgehead atoms. The second kappa shape index (κ2) is 8.87. The molecule has 2 heterocycles. The first-order valence-corrected chi connectivity index (χ1v) is 11.1. The van der Waals surface area contributed by atoms with Crippen LogP contribution in [-0.2, 0) is 22.4 Å². The zero-order valence-electron chi connectivity index (χ0n) is 16.9. The first-order chi connectivity index (χ1) is 14.5. The molecule has 1 aliphatic heterocycles. The fraction of sp³-hybridized carbons (Fsp3) is 0.409. The number of benzene rings is 1. The van der Waals surface area contributed by atoms with E-state index in [1.807, 2.05) is 12.1 Å². The van der Waals surface area contributed by atoms with Crippen molar-refractivity contribution in [1.29, 1.82) is 0 Å². The Kier molecular flexibility index (Phi) is 6.03. The summed E-state index contributed by atoms with van der Waals surface area (Å²) < 4.78 is 5.75. The van der Waals surface area contributed by atoms with Crippen LogP contribution in [0.4, 0.5) is 5.69 Å². The van der Waals surface area contributed by atoms with Crippen LogP contribution < -0.4 is 20.5 Å². The van der Waals surface area contributed by atoms with Crippen molar-refractivity contribution < 1.29 is 19.1 Å². The third kappa shape index (κ3) is 4.33. The molecule has 1 atom stereocenters. The number of rotatable bonds is 2. The lowest BCUT2D eigenvalue weighted by molar-refractivity contribution is -0.129. The Hall–Kier alpha value is -2.87. The maximum atomic E-state index is 12.6. The number of hydrogen-bond donors (Lipinski definition) is 2. The van der Waals surface area contributed by atoms with Crippen LogP contribution in [0.15, 0.2) is 30.3 Å². The number of hydrazine groups is 1. The molecule has 30 heavy (non-hydrogen) atoms. The monoisotopic (exact) mass is 427 g/mol. The van der Waals surface area contributed by atoms with E-state index >= 15 is 0 Å². The number of nitrogens with zero attached hydrogens (tertiary/aromatic N) is 1. The van der Waals surface area contributed by atoms with Crippen LogP contribution in [0.5, 0.6) is 5.75 Å². The first-order valence-electron chi connectivity index (χ1n) is 10.3. The SMILES string of the molecule is CC(=O)N1C[C@H](C(=O)NNC(=O)c2cc3c(s2)CCCCCC3)Oc2ccccc21. The van der Waals surface area contributed by atoms with E-state index in [-0.39, 0.29) is 18.4 Å². The summed E-state index contributed by atoms with van der Waals surface area (Å²) in [6, 6.07) is 9.02. The molecule has 0 radical (unpaired) electrons. The van der Waals surface area contributed by atoms with Crippen molar-refractivity contribution in [3.05, 3.63) is 45.6 Å². The minimum atomic E-state index is -0.910. The Morgan fingerprint density at radius 3 is 2.63 bits per heavy atom. The van der Waals surface area contributed by atoms with Gasteiger partial charge in [0.05, 0.1) is 17.1 Å². The standard InChI is InChI=1S/C22H25N3O4S/c1-14(26)25-13-18(29-17-10-7-6-9-16(17)25)21(27)23-24-22(28)20-12-15-8-4-2-3-5-11-19(15)30-20/h6-7,9-10,12,18H,2-5,8,11,13H2,1H3,(H,23,27)(H,24,28)/t18-/m1/s1. The Bertz CT molecular complexity index is 946. The molecule has 4 rings (SSSR count). The molecule has 7 nitrogen and oxygen atoms in total. The maximum Gasteiger partial charge on any atom is 0.281 e. The number of hydrogen-bond acceptors (Lipinski definition) is 5. The van der Waals surface area contributed by atoms with Gasteiger partial charge in [-0.05, 0) is 49.4 Å². The number of para-hydroxylation sites is 2. The summed E-state index contributed by atoms with van der Waals surface area (Å²) in [5, 5.41) is 0. The molecule has 8 heteroatoms. The van der Waals surface area contributed by atoms with Crippen molar-refractivity contribution in [3.8, 4) is 5.75 Å². The van der Waals surface area contributed by atoms with Gasteiger partial charge >= 0.3 is 0 Å². The Morgan fingerprint density at radius 2 is 1.83 bits per heavy atom. The molecule has 0 fully saturated rings. The van der Waals surface area contributed by atoms with Crippen LogP contribution in [0.25, 0.3) is 0 Å². The molecular formula is C22H25N3O4S. The molecule has 2 aromatic rings. The zero-order chi connectivity index (χ0) is 21.1. The van der Waals surface area contributed by atoms with Gasteiger partial charge in [-0.15, -0.1) is 11.3 Å². The molecule has 1 aliphatic carbocycles. The molecule has 1 aromatic heterocycles. The lowest BCUT2D eigenvalue weighted by atomic mass is 10.00. The topological polar surface area (TPSA) is 87.7 Å². The number of nitrogens with one attached hydrogen (secondary N) is 2. The summed E-state index contributed by atoms with van der Waals surface area (Å²) in [7, 11) is 0. The van der Waals surface area contributed by atoms with Crippen LogP contribution >= 0.6 is 11.3 Å². The van der Waals surface area contributed by atoms with Crippen molar-refractivity contribution >= 4 is 34.7 Å². The van der Waals surface area contributed by atoms with Crippen LogP contribution in [0.1, 0.15) is 52.7 Å². The third-order valence-corrected chi connectivity index (χ3v) is 6.70. The highest BCUT2D eigenvalue weighted by molar-refractivity contribution is 7.14. The van der Waals surface area contributed by atoms with Crippen LogP contribution in [0, 0.1) is 0 Å². The van der Waals surface area contributed by atoms with E-state index in [4.69, 9.17) is 4.74 Å². The highest BCUT2D eigenvalue weighted by Gasteiger charge is 2.32. The quantitative estimate of drug-likeness (QED) is 0.722. The zero-order valence-corrected chi connectivity index (χ0v) is 17.7. The van der Waals surface area contributed by atoms with E-state index in [9.17, 15) is 14.4 Å². The predicted octanol–water partition coefficient (Wildman–Crippen LogP) is 2.98. The highest BCUT2D eigenvalue weighted by Crippen LogP contribution is 2.33. The molecule has 0 saturated carbocycles. The number of anilines is 1. The van der Waals surface area contributed by atoms with Gasteiger partial charge in [0.2, 0.25) is 5.91 Å². The van der Waals surface area contributed by atoms with E-state index in [0.29, 0.717) is 16.3 Å². The number of thiophene rings is 1. The average Bonchev–Trinajstić information content (AvgIpc) is 3.12. The van der Waals surface area contributed by atoms with Gasteiger partial charge in [-0.1, -0.05) is 25.0 Å². The van der Waals surface area contributed by atoms with Gasteiger partial charge in [-0.2, -0.15) is 0 Å². The summed E-state index contributed by atoms with van der Waals surface area (Å²) in [5.74, 6) is -0.550. The molecule has 2 N–H and O–H groups in total. The van der Waals surface area contributed by atoms with E-state index in [1.54, 1.807) is 18.2 Å². The van der Waals surface area contributed by atoms with Crippen LogP contribution in [0.2, 0.25) is 0 Å². The Morgan fingerprint density at radius 1 is 1.07 bits per heavy atom. The summed E-state index contributed by atoms with van der Waals surface area (Å²) in [6.07, 6.45) is 5.86. The van der Waals surface area contributed by atoms with Crippen molar-refractivity contribution in [1.82, 2.24) is 10.9 Å². The number of fused-ring (bicyclic) bond motifs is 2. The maximum absolute atomic E-state index is 12.6. The lowest BCUT2D eigenvalue weighted by Gasteiger charge is -2.33. The number of carbonyl (C=O) groups excluding carboxylic acids is 3. The number of carbonyl (C=O) groups is 3. The smallest absolute Gasteiger partial charge is 0.281 e. The fourth-order valence-electron chi connectivity index (χ4n) is 3.89. The second-order valence-electron chi connectivity index (χ2n) is 7.62. The third-order valence-electron chi connectivity index (χ3n) is 5.47.